The topological polar surface area (TPSA) is 109 Å². The van der Waals surface area contributed by atoms with Crippen LogP contribution in [-0.4, -0.2) is 81.0 Å². The quantitative estimate of drug-likeness (QED) is 0.218. The van der Waals surface area contributed by atoms with E-state index in [-0.39, 0.29) is 23.2 Å². The van der Waals surface area contributed by atoms with Gasteiger partial charge in [-0.25, -0.2) is 31.1 Å². The van der Waals surface area contributed by atoms with Gasteiger partial charge in [0, 0.05) is 91.2 Å². The minimum atomic E-state index is -4.02. The summed E-state index contributed by atoms with van der Waals surface area (Å²) in [5, 5.41) is 14.7. The second kappa shape index (κ2) is 13.1. The van der Waals surface area contributed by atoms with Crippen LogP contribution in [0.2, 0.25) is 0 Å². The molecule has 1 N–H and O–H groups in total. The van der Waals surface area contributed by atoms with Crippen LogP contribution in [0.4, 0.5) is 14.6 Å². The molecule has 1 aliphatic rings. The van der Waals surface area contributed by atoms with Crippen molar-refractivity contribution in [1.29, 1.82) is 0 Å². The van der Waals surface area contributed by atoms with Crippen molar-refractivity contribution in [3.63, 3.8) is 0 Å². The predicted octanol–water partition coefficient (Wildman–Crippen LogP) is 5.34. The summed E-state index contributed by atoms with van der Waals surface area (Å²) in [5.41, 5.74) is 4.34. The Labute approximate surface area is 282 Å². The fourth-order valence-electron chi connectivity index (χ4n) is 6.23. The van der Waals surface area contributed by atoms with Crippen LogP contribution >= 0.6 is 0 Å². The second-order valence-corrected chi connectivity index (χ2v) is 14.3. The van der Waals surface area contributed by atoms with Crippen molar-refractivity contribution in [1.82, 2.24) is 28.6 Å². The van der Waals surface area contributed by atoms with Crippen molar-refractivity contribution in [2.24, 2.45) is 0 Å². The van der Waals surface area contributed by atoms with Gasteiger partial charge in [0.25, 0.3) is 10.0 Å². The normalized spacial score (nSPS) is 14.8. The number of rotatable bonds is 9. The van der Waals surface area contributed by atoms with E-state index in [9.17, 15) is 22.3 Å². The lowest BCUT2D eigenvalue weighted by molar-refractivity contribution is 0.122. The van der Waals surface area contributed by atoms with Gasteiger partial charge in [-0.3, -0.25) is 9.58 Å². The molecule has 4 aromatic heterocycles. The maximum Gasteiger partial charge on any atom is 0.269 e. The number of hydrogen-bond acceptors (Lipinski definition) is 8. The summed E-state index contributed by atoms with van der Waals surface area (Å²) in [6, 6.07) is 15.8. The van der Waals surface area contributed by atoms with Crippen LogP contribution in [0.3, 0.4) is 0 Å². The first-order chi connectivity index (χ1) is 23.5. The average molecular weight is 684 g/mol. The van der Waals surface area contributed by atoms with Crippen molar-refractivity contribution in [2.45, 2.75) is 31.4 Å². The highest BCUT2D eigenvalue weighted by Gasteiger charge is 2.24. The average Bonchev–Trinajstić information content (AvgIpc) is 3.69. The van der Waals surface area contributed by atoms with Crippen molar-refractivity contribution in [3.05, 3.63) is 114 Å². The number of pyridine rings is 2. The van der Waals surface area contributed by atoms with Gasteiger partial charge in [0.2, 0.25) is 0 Å². The van der Waals surface area contributed by atoms with E-state index in [2.05, 4.69) is 19.9 Å². The highest BCUT2D eigenvalue weighted by atomic mass is 32.2. The molecule has 0 saturated carbocycles. The molecule has 1 unspecified atom stereocenters. The van der Waals surface area contributed by atoms with Crippen LogP contribution in [0, 0.1) is 18.6 Å². The van der Waals surface area contributed by atoms with Crippen LogP contribution in [0.1, 0.15) is 18.1 Å². The number of β-amino-alcohol motifs (C(OH)–C–C–N with tert-alkyl or cyclic N) is 1. The number of fused-ring (bicyclic) bond motifs is 1. The van der Waals surface area contributed by atoms with E-state index in [0.29, 0.717) is 28.6 Å². The zero-order chi connectivity index (χ0) is 34.3. The molecular formula is C36H35F2N7O3S. The molecule has 10 nitrogen and oxygen atoms in total. The first-order valence-electron chi connectivity index (χ1n) is 16.0. The van der Waals surface area contributed by atoms with Gasteiger partial charge in [0.1, 0.15) is 17.5 Å². The number of anilines is 1. The van der Waals surface area contributed by atoms with Crippen LogP contribution in [0.25, 0.3) is 33.3 Å². The summed E-state index contributed by atoms with van der Waals surface area (Å²) in [6.45, 7) is 7.75. The molecule has 0 spiro atoms. The number of aryl methyl sites for hydroxylation is 1. The molecule has 13 heteroatoms. The van der Waals surface area contributed by atoms with E-state index in [1.54, 1.807) is 66.9 Å². The Balaban J connectivity index is 1.24. The zero-order valence-electron chi connectivity index (χ0n) is 27.0. The lowest BCUT2D eigenvalue weighted by Crippen LogP contribution is -2.48. The molecular weight excluding hydrogens is 649 g/mol. The molecule has 6 aromatic rings. The van der Waals surface area contributed by atoms with Gasteiger partial charge in [-0.05, 0) is 61.9 Å². The van der Waals surface area contributed by atoms with Gasteiger partial charge < -0.3 is 10.0 Å². The fourth-order valence-corrected chi connectivity index (χ4v) is 7.55. The third kappa shape index (κ3) is 6.82. The van der Waals surface area contributed by atoms with Gasteiger partial charge in [-0.2, -0.15) is 5.10 Å². The number of nitrogens with zero attached hydrogens (tertiary/aromatic N) is 7. The number of halogens is 2. The maximum atomic E-state index is 13.9. The summed E-state index contributed by atoms with van der Waals surface area (Å²) in [6.07, 6.45) is 7.91. The molecule has 0 aliphatic carbocycles. The van der Waals surface area contributed by atoms with E-state index in [1.165, 1.54) is 16.1 Å². The molecule has 252 valence electrons. The van der Waals surface area contributed by atoms with Gasteiger partial charge in [-0.15, -0.1) is 0 Å². The molecule has 7 rings (SSSR count). The molecule has 0 radical (unpaired) electrons. The smallest absolute Gasteiger partial charge is 0.269 e. The first kappa shape index (κ1) is 32.6. The van der Waals surface area contributed by atoms with E-state index in [1.807, 2.05) is 25.1 Å². The standard InChI is InChI=1S/C36H35F2N7O3S/c1-24-3-6-32(7-4-24)49(47,48)45-23-34(29-19-41-44(22-29)21-26-13-30(37)16-31(38)14-26)33-15-28(18-40-36(33)45)27-5-8-35(39-17-27)43-11-9-42(10-12-43)20-25(2)46/h3-8,13-19,22-23,25,46H,9-12,20-21H2,1-2H3. The Morgan fingerprint density at radius 3 is 2.22 bits per heavy atom. The van der Waals surface area contributed by atoms with Gasteiger partial charge in [0.05, 0.1) is 23.7 Å². The second-order valence-electron chi connectivity index (χ2n) is 12.5. The summed E-state index contributed by atoms with van der Waals surface area (Å²) in [7, 11) is -4.02. The SMILES string of the molecule is Cc1ccc(S(=O)(=O)n2cc(-c3cnn(Cc4cc(F)cc(F)c4)c3)c3cc(-c4ccc(N5CCN(CC(C)O)CC5)nc4)cnc32)cc1. The number of aliphatic hydroxyl groups excluding tert-OH is 1. The highest BCUT2D eigenvalue weighted by molar-refractivity contribution is 7.90. The molecule has 49 heavy (non-hydrogen) atoms. The third-order valence-electron chi connectivity index (χ3n) is 8.70. The van der Waals surface area contributed by atoms with E-state index in [0.717, 1.165) is 54.8 Å². The highest BCUT2D eigenvalue weighted by Crippen LogP contribution is 2.35. The number of piperazine rings is 1. The molecule has 0 amide bonds. The fraction of sp³-hybridized carbons (Fsp3) is 0.250. The number of aromatic nitrogens is 5. The summed E-state index contributed by atoms with van der Waals surface area (Å²) in [5.74, 6) is -0.498. The Kier molecular flexibility index (Phi) is 8.73. The molecule has 1 aliphatic heterocycles. The van der Waals surface area contributed by atoms with Crippen LogP contribution in [0.5, 0.6) is 0 Å². The minimum absolute atomic E-state index is 0.117. The molecule has 1 atom stereocenters. The van der Waals surface area contributed by atoms with Gasteiger partial charge in [-0.1, -0.05) is 17.7 Å². The summed E-state index contributed by atoms with van der Waals surface area (Å²) < 4.78 is 58.3. The Bertz CT molecular complexity index is 2210. The van der Waals surface area contributed by atoms with E-state index in [4.69, 9.17) is 4.98 Å². The van der Waals surface area contributed by atoms with Crippen molar-refractivity contribution < 1.29 is 22.3 Å². The van der Waals surface area contributed by atoms with Crippen molar-refractivity contribution in [2.75, 3.05) is 37.6 Å². The zero-order valence-corrected chi connectivity index (χ0v) is 27.9. The Morgan fingerprint density at radius 1 is 0.837 bits per heavy atom. The number of hydrogen-bond donors (Lipinski definition) is 1. The summed E-state index contributed by atoms with van der Waals surface area (Å²) >= 11 is 0. The minimum Gasteiger partial charge on any atom is -0.392 e. The Hall–Kier alpha value is -4.98. The lowest BCUT2D eigenvalue weighted by atomic mass is 10.1. The molecule has 5 heterocycles. The van der Waals surface area contributed by atoms with E-state index < -0.39 is 21.7 Å². The van der Waals surface area contributed by atoms with Crippen molar-refractivity contribution in [3.8, 4) is 22.3 Å². The van der Waals surface area contributed by atoms with Crippen LogP contribution < -0.4 is 4.90 Å². The Morgan fingerprint density at radius 2 is 1.55 bits per heavy atom. The van der Waals surface area contributed by atoms with Crippen LogP contribution in [-0.2, 0) is 16.6 Å². The van der Waals surface area contributed by atoms with Gasteiger partial charge >= 0.3 is 0 Å². The summed E-state index contributed by atoms with van der Waals surface area (Å²) in [4.78, 5) is 14.0. The van der Waals surface area contributed by atoms with E-state index >= 15 is 0 Å². The first-order valence-corrected chi connectivity index (χ1v) is 17.4. The molecule has 1 fully saturated rings. The van der Waals surface area contributed by atoms with Crippen LogP contribution in [0.15, 0.2) is 96.5 Å². The monoisotopic (exact) mass is 683 g/mol. The molecule has 0 bridgehead atoms. The molecule has 1 saturated heterocycles. The third-order valence-corrected chi connectivity index (χ3v) is 10.4. The van der Waals surface area contributed by atoms with Gasteiger partial charge in [0.15, 0.2) is 5.65 Å². The number of benzene rings is 2. The maximum absolute atomic E-state index is 13.9. The predicted molar refractivity (Wildman–Crippen MR) is 184 cm³/mol. The van der Waals surface area contributed by atoms with Crippen molar-refractivity contribution >= 4 is 26.9 Å². The lowest BCUT2D eigenvalue weighted by Gasteiger charge is -2.35. The number of aliphatic hydroxyl groups is 1. The largest absolute Gasteiger partial charge is 0.392 e. The molecule has 2 aromatic carbocycles.